The number of hydrogen-bond donors (Lipinski definition) is 1. The lowest BCUT2D eigenvalue weighted by atomic mass is 10.1. The number of para-hydroxylation sites is 2. The Morgan fingerprint density at radius 2 is 1.68 bits per heavy atom. The van der Waals surface area contributed by atoms with Gasteiger partial charge in [-0.3, -0.25) is 9.10 Å². The van der Waals surface area contributed by atoms with E-state index in [0.29, 0.717) is 17.1 Å². The lowest BCUT2D eigenvalue weighted by Crippen LogP contribution is -2.48. The Morgan fingerprint density at radius 3 is 2.39 bits per heavy atom. The second-order valence-electron chi connectivity index (χ2n) is 7.71. The van der Waals surface area contributed by atoms with Crippen LogP contribution in [0, 0.1) is 20.8 Å². The molecule has 1 heterocycles. The summed E-state index contributed by atoms with van der Waals surface area (Å²) in [6, 6.07) is 19.1. The fourth-order valence-electron chi connectivity index (χ4n) is 3.45. The number of hydrogen-bond acceptors (Lipinski definition) is 4. The van der Waals surface area contributed by atoms with Gasteiger partial charge >= 0.3 is 0 Å². The van der Waals surface area contributed by atoms with E-state index in [1.165, 1.54) is 4.31 Å². The Kier molecular flexibility index (Phi) is 5.45. The molecule has 0 aromatic heterocycles. The minimum absolute atomic E-state index is 0.121. The van der Waals surface area contributed by atoms with Crippen LogP contribution in [0.1, 0.15) is 16.7 Å². The second kappa shape index (κ2) is 8.07. The Balaban J connectivity index is 1.66. The van der Waals surface area contributed by atoms with Gasteiger partial charge in [-0.1, -0.05) is 35.9 Å². The number of rotatable bonds is 4. The van der Waals surface area contributed by atoms with E-state index < -0.39 is 22.0 Å². The molecule has 0 radical (unpaired) electrons. The van der Waals surface area contributed by atoms with Crippen molar-refractivity contribution in [1.29, 1.82) is 0 Å². The lowest BCUT2D eigenvalue weighted by Gasteiger charge is -2.34. The molecule has 0 saturated heterocycles. The SMILES string of the molecule is Cc1ccc(S(=O)(=O)N2CC(C(=O)Nc3ccc(C)c(C)c3)Oc3ccccc32)cc1. The summed E-state index contributed by atoms with van der Waals surface area (Å²) in [6.45, 7) is 5.74. The van der Waals surface area contributed by atoms with Gasteiger partial charge in [-0.2, -0.15) is 0 Å². The Morgan fingerprint density at radius 1 is 0.968 bits per heavy atom. The van der Waals surface area contributed by atoms with Crippen molar-refractivity contribution in [3.8, 4) is 5.75 Å². The van der Waals surface area contributed by atoms with Crippen LogP contribution in [0.5, 0.6) is 5.75 Å². The molecule has 0 bridgehead atoms. The van der Waals surface area contributed by atoms with Crippen LogP contribution in [-0.2, 0) is 14.8 Å². The molecule has 1 aliphatic heterocycles. The Labute approximate surface area is 182 Å². The summed E-state index contributed by atoms with van der Waals surface area (Å²) in [5.74, 6) is -0.0495. The van der Waals surface area contributed by atoms with E-state index >= 15 is 0 Å². The minimum Gasteiger partial charge on any atom is -0.476 e. The van der Waals surface area contributed by atoms with Crippen molar-refractivity contribution in [3.05, 3.63) is 83.4 Å². The van der Waals surface area contributed by atoms with Crippen molar-refractivity contribution in [2.75, 3.05) is 16.2 Å². The number of amides is 1. The maximum Gasteiger partial charge on any atom is 0.267 e. The van der Waals surface area contributed by atoms with Crippen LogP contribution >= 0.6 is 0 Å². The summed E-state index contributed by atoms with van der Waals surface area (Å²) in [5, 5.41) is 2.84. The van der Waals surface area contributed by atoms with Crippen molar-refractivity contribution in [2.45, 2.75) is 31.8 Å². The molecule has 1 N–H and O–H groups in total. The van der Waals surface area contributed by atoms with Crippen molar-refractivity contribution >= 4 is 27.3 Å². The number of fused-ring (bicyclic) bond motifs is 1. The maximum absolute atomic E-state index is 13.4. The predicted octanol–water partition coefficient (Wildman–Crippen LogP) is 4.21. The van der Waals surface area contributed by atoms with Gasteiger partial charge in [0.2, 0.25) is 0 Å². The molecule has 0 aliphatic carbocycles. The average molecular weight is 437 g/mol. The number of nitrogens with zero attached hydrogens (tertiary/aromatic N) is 1. The van der Waals surface area contributed by atoms with Crippen molar-refractivity contribution in [2.24, 2.45) is 0 Å². The summed E-state index contributed by atoms with van der Waals surface area (Å²) in [4.78, 5) is 13.1. The molecule has 4 rings (SSSR count). The average Bonchev–Trinajstić information content (AvgIpc) is 2.75. The highest BCUT2D eigenvalue weighted by atomic mass is 32.2. The molecule has 7 heteroatoms. The highest BCUT2D eigenvalue weighted by molar-refractivity contribution is 7.92. The molecule has 1 unspecified atom stereocenters. The highest BCUT2D eigenvalue weighted by Crippen LogP contribution is 2.37. The quantitative estimate of drug-likeness (QED) is 0.665. The van der Waals surface area contributed by atoms with Crippen LogP contribution in [-0.4, -0.2) is 27.0 Å². The first kappa shape index (κ1) is 20.9. The summed E-state index contributed by atoms with van der Waals surface area (Å²) in [5.41, 5.74) is 4.20. The van der Waals surface area contributed by atoms with Crippen LogP contribution < -0.4 is 14.4 Å². The summed E-state index contributed by atoms with van der Waals surface area (Å²) >= 11 is 0. The molecule has 0 fully saturated rings. The number of ether oxygens (including phenoxy) is 1. The van der Waals surface area contributed by atoms with Gasteiger partial charge in [-0.05, 0) is 68.3 Å². The van der Waals surface area contributed by atoms with Gasteiger partial charge < -0.3 is 10.1 Å². The van der Waals surface area contributed by atoms with Gasteiger partial charge in [0, 0.05) is 5.69 Å². The van der Waals surface area contributed by atoms with Gasteiger partial charge in [0.1, 0.15) is 5.75 Å². The van der Waals surface area contributed by atoms with E-state index in [1.807, 2.05) is 39.0 Å². The third kappa shape index (κ3) is 4.14. The van der Waals surface area contributed by atoms with Crippen LogP contribution in [0.4, 0.5) is 11.4 Å². The molecule has 31 heavy (non-hydrogen) atoms. The van der Waals surface area contributed by atoms with Crippen LogP contribution in [0.15, 0.2) is 71.6 Å². The molecule has 6 nitrogen and oxygen atoms in total. The van der Waals surface area contributed by atoms with E-state index in [0.717, 1.165) is 16.7 Å². The number of benzene rings is 3. The zero-order valence-corrected chi connectivity index (χ0v) is 18.4. The number of sulfonamides is 1. The fraction of sp³-hybridized carbons (Fsp3) is 0.208. The van der Waals surface area contributed by atoms with E-state index in [4.69, 9.17) is 4.74 Å². The number of carbonyl (C=O) groups excluding carboxylic acids is 1. The van der Waals surface area contributed by atoms with Crippen molar-refractivity contribution < 1.29 is 17.9 Å². The van der Waals surface area contributed by atoms with E-state index in [2.05, 4.69) is 5.32 Å². The summed E-state index contributed by atoms with van der Waals surface area (Å²) < 4.78 is 34.0. The third-order valence-corrected chi connectivity index (χ3v) is 7.20. The predicted molar refractivity (Wildman–Crippen MR) is 121 cm³/mol. The van der Waals surface area contributed by atoms with Crippen LogP contribution in [0.2, 0.25) is 0 Å². The maximum atomic E-state index is 13.4. The minimum atomic E-state index is -3.87. The van der Waals surface area contributed by atoms with Gasteiger partial charge in [-0.15, -0.1) is 0 Å². The molecule has 3 aromatic carbocycles. The molecule has 0 saturated carbocycles. The normalized spacial score (nSPS) is 15.7. The first-order valence-electron chi connectivity index (χ1n) is 9.99. The fourth-order valence-corrected chi connectivity index (χ4v) is 4.92. The Hall–Kier alpha value is -3.32. The number of nitrogens with one attached hydrogen (secondary N) is 1. The van der Waals surface area contributed by atoms with Crippen molar-refractivity contribution in [3.63, 3.8) is 0 Å². The first-order chi connectivity index (χ1) is 14.8. The largest absolute Gasteiger partial charge is 0.476 e. The van der Waals surface area contributed by atoms with Gasteiger partial charge in [0.05, 0.1) is 17.1 Å². The Bertz CT molecular complexity index is 1240. The number of carbonyl (C=O) groups is 1. The molecular formula is C24H24N2O4S. The monoisotopic (exact) mass is 436 g/mol. The first-order valence-corrected chi connectivity index (χ1v) is 11.4. The molecule has 1 aliphatic rings. The molecule has 1 amide bonds. The topological polar surface area (TPSA) is 75.7 Å². The molecule has 160 valence electrons. The number of aryl methyl sites for hydroxylation is 3. The summed E-state index contributed by atoms with van der Waals surface area (Å²) in [6.07, 6.45) is -0.989. The van der Waals surface area contributed by atoms with E-state index in [-0.39, 0.29) is 11.4 Å². The molecule has 0 spiro atoms. The zero-order valence-electron chi connectivity index (χ0n) is 17.6. The smallest absolute Gasteiger partial charge is 0.267 e. The summed E-state index contributed by atoms with van der Waals surface area (Å²) in [7, 11) is -3.87. The van der Waals surface area contributed by atoms with Crippen molar-refractivity contribution in [1.82, 2.24) is 0 Å². The lowest BCUT2D eigenvalue weighted by molar-refractivity contribution is -0.122. The van der Waals surface area contributed by atoms with Gasteiger partial charge in [0.25, 0.3) is 15.9 Å². The highest BCUT2D eigenvalue weighted by Gasteiger charge is 2.37. The van der Waals surface area contributed by atoms with E-state index in [9.17, 15) is 13.2 Å². The molecule has 1 atom stereocenters. The zero-order chi connectivity index (χ0) is 22.2. The third-order valence-electron chi connectivity index (χ3n) is 5.41. The standard InChI is InChI=1S/C24H24N2O4S/c1-16-8-12-20(13-9-16)31(28,29)26-15-23(30-22-7-5-4-6-21(22)26)24(27)25-19-11-10-17(2)18(3)14-19/h4-14,23H,15H2,1-3H3,(H,25,27). The molecular weight excluding hydrogens is 412 g/mol. The van der Waals surface area contributed by atoms with Crippen LogP contribution in [0.25, 0.3) is 0 Å². The molecule has 3 aromatic rings. The van der Waals surface area contributed by atoms with Gasteiger partial charge in [0.15, 0.2) is 6.10 Å². The second-order valence-corrected chi connectivity index (χ2v) is 9.57. The van der Waals surface area contributed by atoms with Gasteiger partial charge in [-0.25, -0.2) is 8.42 Å². The van der Waals surface area contributed by atoms with Crippen LogP contribution in [0.3, 0.4) is 0 Å². The van der Waals surface area contributed by atoms with E-state index in [1.54, 1.807) is 48.5 Å². The number of anilines is 2.